The molecule has 0 saturated heterocycles. The van der Waals surface area contributed by atoms with Crippen molar-refractivity contribution < 1.29 is 23.4 Å². The van der Waals surface area contributed by atoms with Gasteiger partial charge < -0.3 is 10.2 Å². The molecule has 0 amide bonds. The van der Waals surface area contributed by atoms with E-state index in [0.29, 0.717) is 10.6 Å². The molecule has 0 aromatic heterocycles. The van der Waals surface area contributed by atoms with Crippen molar-refractivity contribution in [2.75, 3.05) is 6.61 Å². The van der Waals surface area contributed by atoms with Crippen molar-refractivity contribution in [3.8, 4) is 0 Å². The van der Waals surface area contributed by atoms with Crippen LogP contribution in [0.15, 0.2) is 59.5 Å². The average molecular weight is 367 g/mol. The SMILES string of the molecule is O=C(O)[C@@]1(CO)[C@@H](c2ccccc2)[C@@H]1S(=O)(=O)c1ccc(Cl)cc1. The number of aliphatic hydroxyl groups is 1. The number of benzene rings is 2. The van der Waals surface area contributed by atoms with E-state index in [2.05, 4.69) is 0 Å². The molecule has 2 aromatic carbocycles. The number of aliphatic carboxylic acids is 1. The van der Waals surface area contributed by atoms with E-state index >= 15 is 0 Å². The lowest BCUT2D eigenvalue weighted by Crippen LogP contribution is -2.27. The van der Waals surface area contributed by atoms with Gasteiger partial charge in [-0.3, -0.25) is 4.79 Å². The third-order valence-corrected chi connectivity index (χ3v) is 7.09. The first-order valence-electron chi connectivity index (χ1n) is 7.24. The summed E-state index contributed by atoms with van der Waals surface area (Å²) in [6.07, 6.45) is 0. The van der Waals surface area contributed by atoms with Gasteiger partial charge in [0.05, 0.1) is 16.8 Å². The van der Waals surface area contributed by atoms with Gasteiger partial charge in [-0.15, -0.1) is 0 Å². The monoisotopic (exact) mass is 366 g/mol. The molecule has 0 radical (unpaired) electrons. The van der Waals surface area contributed by atoms with Gasteiger partial charge in [-0.25, -0.2) is 8.42 Å². The molecule has 3 atom stereocenters. The third kappa shape index (κ3) is 2.42. The molecule has 7 heteroatoms. The summed E-state index contributed by atoms with van der Waals surface area (Å²) in [5, 5.41) is 18.5. The standard InChI is InChI=1S/C17H15ClO5S/c18-12-6-8-13(9-7-12)24(22,23)15-14(11-4-2-1-3-5-11)17(15,10-19)16(20)21/h1-9,14-15,19H,10H2,(H,20,21)/t14-,15-,17-/m0/s1. The highest BCUT2D eigenvalue weighted by Gasteiger charge is 2.75. The van der Waals surface area contributed by atoms with Crippen LogP contribution in [0.1, 0.15) is 11.5 Å². The normalized spacial score (nSPS) is 26.1. The highest BCUT2D eigenvalue weighted by molar-refractivity contribution is 7.92. The molecule has 0 heterocycles. The Hall–Kier alpha value is -1.89. The van der Waals surface area contributed by atoms with Crippen LogP contribution >= 0.6 is 11.6 Å². The number of carboxylic acid groups (broad SMARTS) is 1. The van der Waals surface area contributed by atoms with Gasteiger partial charge in [0.2, 0.25) is 0 Å². The minimum absolute atomic E-state index is 0.00518. The van der Waals surface area contributed by atoms with Crippen LogP contribution in [0, 0.1) is 5.41 Å². The van der Waals surface area contributed by atoms with E-state index in [0.717, 1.165) is 0 Å². The summed E-state index contributed by atoms with van der Waals surface area (Å²) >= 11 is 5.79. The molecule has 0 aliphatic heterocycles. The Balaban J connectivity index is 2.11. The minimum atomic E-state index is -3.94. The number of aliphatic hydroxyl groups excluding tert-OH is 1. The third-order valence-electron chi connectivity index (χ3n) is 4.55. The van der Waals surface area contributed by atoms with Gasteiger partial charge in [-0.1, -0.05) is 41.9 Å². The van der Waals surface area contributed by atoms with Crippen molar-refractivity contribution in [3.05, 3.63) is 65.2 Å². The molecule has 24 heavy (non-hydrogen) atoms. The molecular formula is C17H15ClO5S. The Morgan fingerprint density at radius 3 is 2.17 bits per heavy atom. The zero-order chi connectivity index (χ0) is 17.5. The fourth-order valence-corrected chi connectivity index (χ4v) is 5.76. The smallest absolute Gasteiger partial charge is 0.314 e. The summed E-state index contributed by atoms with van der Waals surface area (Å²) in [6, 6.07) is 14.1. The number of carboxylic acids is 1. The second kappa shape index (κ2) is 5.88. The van der Waals surface area contributed by atoms with Gasteiger partial charge in [0.15, 0.2) is 9.84 Å². The number of sulfone groups is 1. The molecule has 2 aromatic rings. The molecule has 2 N–H and O–H groups in total. The van der Waals surface area contributed by atoms with E-state index in [9.17, 15) is 23.4 Å². The van der Waals surface area contributed by atoms with Crippen LogP contribution in [0.3, 0.4) is 0 Å². The first-order chi connectivity index (χ1) is 11.4. The maximum Gasteiger partial charge on any atom is 0.314 e. The number of carbonyl (C=O) groups is 1. The maximum atomic E-state index is 13.0. The number of hydrogen-bond donors (Lipinski definition) is 2. The zero-order valence-electron chi connectivity index (χ0n) is 12.5. The van der Waals surface area contributed by atoms with E-state index in [1.165, 1.54) is 24.3 Å². The number of rotatable bonds is 5. The fraction of sp³-hybridized carbons (Fsp3) is 0.235. The summed E-state index contributed by atoms with van der Waals surface area (Å²) in [4.78, 5) is 11.8. The van der Waals surface area contributed by atoms with Gasteiger partial charge >= 0.3 is 5.97 Å². The number of hydrogen-bond acceptors (Lipinski definition) is 4. The van der Waals surface area contributed by atoms with Crippen molar-refractivity contribution in [1.82, 2.24) is 0 Å². The quantitative estimate of drug-likeness (QED) is 0.847. The Labute approximate surface area is 144 Å². The van der Waals surface area contributed by atoms with Crippen molar-refractivity contribution >= 4 is 27.4 Å². The van der Waals surface area contributed by atoms with E-state index in [1.807, 2.05) is 0 Å². The van der Waals surface area contributed by atoms with Gasteiger partial charge in [-0.05, 0) is 29.8 Å². The minimum Gasteiger partial charge on any atom is -0.481 e. The Kier molecular flexibility index (Phi) is 4.15. The van der Waals surface area contributed by atoms with Crippen LogP contribution in [0.2, 0.25) is 5.02 Å². The summed E-state index contributed by atoms with van der Waals surface area (Å²) in [5.41, 5.74) is -1.16. The van der Waals surface area contributed by atoms with Gasteiger partial charge in [-0.2, -0.15) is 0 Å². The number of halogens is 1. The van der Waals surface area contributed by atoms with E-state index in [-0.39, 0.29) is 4.90 Å². The molecule has 0 unspecified atom stereocenters. The Morgan fingerprint density at radius 2 is 1.67 bits per heavy atom. The fourth-order valence-electron chi connectivity index (χ4n) is 3.27. The summed E-state index contributed by atoms with van der Waals surface area (Å²) < 4.78 is 25.9. The van der Waals surface area contributed by atoms with Crippen LogP contribution in [-0.4, -0.2) is 36.5 Å². The largest absolute Gasteiger partial charge is 0.481 e. The van der Waals surface area contributed by atoms with Gasteiger partial charge in [0, 0.05) is 10.9 Å². The summed E-state index contributed by atoms with van der Waals surface area (Å²) in [5.74, 6) is -2.12. The van der Waals surface area contributed by atoms with Gasteiger partial charge in [0.1, 0.15) is 5.41 Å². The van der Waals surface area contributed by atoms with Crippen molar-refractivity contribution in [2.24, 2.45) is 5.41 Å². The first kappa shape index (κ1) is 17.0. The molecular weight excluding hydrogens is 352 g/mol. The van der Waals surface area contributed by atoms with Crippen molar-refractivity contribution in [2.45, 2.75) is 16.1 Å². The second-order valence-electron chi connectivity index (χ2n) is 5.81. The van der Waals surface area contributed by atoms with E-state index in [4.69, 9.17) is 11.6 Å². The van der Waals surface area contributed by atoms with Crippen molar-refractivity contribution in [1.29, 1.82) is 0 Å². The topological polar surface area (TPSA) is 91.7 Å². The van der Waals surface area contributed by atoms with E-state index < -0.39 is 39.0 Å². The lowest BCUT2D eigenvalue weighted by Gasteiger charge is -2.09. The Morgan fingerprint density at radius 1 is 1.08 bits per heavy atom. The van der Waals surface area contributed by atoms with Crippen LogP contribution < -0.4 is 0 Å². The zero-order valence-corrected chi connectivity index (χ0v) is 14.0. The maximum absolute atomic E-state index is 13.0. The predicted molar refractivity (Wildman–Crippen MR) is 88.8 cm³/mol. The first-order valence-corrected chi connectivity index (χ1v) is 9.17. The second-order valence-corrected chi connectivity index (χ2v) is 8.32. The molecule has 126 valence electrons. The molecule has 0 bridgehead atoms. The van der Waals surface area contributed by atoms with Crippen LogP contribution in [0.25, 0.3) is 0 Å². The highest BCUT2D eigenvalue weighted by atomic mass is 35.5. The lowest BCUT2D eigenvalue weighted by molar-refractivity contribution is -0.145. The molecule has 1 fully saturated rings. The molecule has 5 nitrogen and oxygen atoms in total. The molecule has 0 spiro atoms. The average Bonchev–Trinajstić information content (AvgIpc) is 3.28. The lowest BCUT2D eigenvalue weighted by atomic mass is 10.0. The summed E-state index contributed by atoms with van der Waals surface area (Å²) in [6.45, 7) is -0.751. The molecule has 1 aliphatic carbocycles. The van der Waals surface area contributed by atoms with Crippen LogP contribution in [-0.2, 0) is 14.6 Å². The van der Waals surface area contributed by atoms with Crippen LogP contribution in [0.5, 0.6) is 0 Å². The molecule has 1 aliphatic rings. The predicted octanol–water partition coefficient (Wildman–Crippen LogP) is 2.34. The highest BCUT2D eigenvalue weighted by Crippen LogP contribution is 2.64. The summed E-state index contributed by atoms with van der Waals surface area (Å²) in [7, 11) is -3.94. The molecule has 1 saturated carbocycles. The van der Waals surface area contributed by atoms with E-state index in [1.54, 1.807) is 30.3 Å². The molecule has 3 rings (SSSR count). The Bertz CT molecular complexity index is 864. The van der Waals surface area contributed by atoms with Crippen molar-refractivity contribution in [3.63, 3.8) is 0 Å². The van der Waals surface area contributed by atoms with Crippen LogP contribution in [0.4, 0.5) is 0 Å². The van der Waals surface area contributed by atoms with Gasteiger partial charge in [0.25, 0.3) is 0 Å².